The molecule has 2 amide bonds. The fourth-order valence-corrected chi connectivity index (χ4v) is 2.79. The van der Waals surface area contributed by atoms with E-state index in [0.717, 1.165) is 12.1 Å². The molecular weight excluding hydrogens is 328 g/mol. The normalized spacial score (nSPS) is 19.7. The molecular formula is C19H17F2NO3. The molecule has 0 bridgehead atoms. The third-order valence-corrected chi connectivity index (χ3v) is 3.83. The average Bonchev–Trinajstić information content (AvgIpc) is 2.76. The topological polar surface area (TPSA) is 46.6 Å². The van der Waals surface area contributed by atoms with Gasteiger partial charge in [-0.05, 0) is 39.0 Å². The maximum Gasteiger partial charge on any atom is 0.421 e. The Morgan fingerprint density at radius 1 is 1.08 bits per heavy atom. The van der Waals surface area contributed by atoms with Crippen molar-refractivity contribution in [3.05, 3.63) is 65.5 Å². The quantitative estimate of drug-likeness (QED) is 0.773. The van der Waals surface area contributed by atoms with Crippen molar-refractivity contribution in [3.8, 4) is 0 Å². The fraction of sp³-hybridized carbons (Fsp3) is 0.263. The van der Waals surface area contributed by atoms with Crippen LogP contribution >= 0.6 is 0 Å². The maximum absolute atomic E-state index is 15.9. The summed E-state index contributed by atoms with van der Waals surface area (Å²) in [5, 5.41) is 0. The van der Waals surface area contributed by atoms with Crippen molar-refractivity contribution in [2.45, 2.75) is 32.0 Å². The molecule has 6 heteroatoms. The lowest BCUT2D eigenvalue weighted by Crippen LogP contribution is -2.44. The maximum atomic E-state index is 15.9. The number of ether oxygens (including phenoxy) is 1. The van der Waals surface area contributed by atoms with Crippen LogP contribution in [0.3, 0.4) is 0 Å². The summed E-state index contributed by atoms with van der Waals surface area (Å²) in [4.78, 5) is 26.0. The fourth-order valence-electron chi connectivity index (χ4n) is 2.79. The summed E-state index contributed by atoms with van der Waals surface area (Å²) in [7, 11) is 0. The van der Waals surface area contributed by atoms with Crippen LogP contribution in [-0.2, 0) is 15.2 Å². The number of benzene rings is 2. The molecule has 1 aliphatic heterocycles. The molecule has 1 aliphatic rings. The van der Waals surface area contributed by atoms with Crippen molar-refractivity contribution in [1.29, 1.82) is 0 Å². The summed E-state index contributed by atoms with van der Waals surface area (Å²) in [6.45, 7) is 4.96. The minimum atomic E-state index is -2.58. The van der Waals surface area contributed by atoms with Gasteiger partial charge in [0.2, 0.25) is 5.67 Å². The number of rotatable bonds is 1. The van der Waals surface area contributed by atoms with Gasteiger partial charge in [0.25, 0.3) is 5.91 Å². The minimum absolute atomic E-state index is 0.0254. The van der Waals surface area contributed by atoms with Crippen LogP contribution in [0.15, 0.2) is 48.5 Å². The Hall–Kier alpha value is -2.76. The molecule has 2 aromatic carbocycles. The SMILES string of the molecule is CC(C)(C)OC(=O)N1C(=O)[C@](F)(c2ccc(F)cc2)c2ccccc21. The molecule has 3 rings (SSSR count). The van der Waals surface area contributed by atoms with E-state index < -0.39 is 29.1 Å². The number of carbonyl (C=O) groups excluding carboxylic acids is 2. The Morgan fingerprint density at radius 3 is 2.28 bits per heavy atom. The Kier molecular flexibility index (Phi) is 3.86. The summed E-state index contributed by atoms with van der Waals surface area (Å²) in [6, 6.07) is 10.6. The average molecular weight is 345 g/mol. The molecule has 0 saturated heterocycles. The van der Waals surface area contributed by atoms with E-state index in [1.54, 1.807) is 32.9 Å². The van der Waals surface area contributed by atoms with Crippen LogP contribution in [0.5, 0.6) is 0 Å². The number of carbonyl (C=O) groups is 2. The number of halogens is 2. The lowest BCUT2D eigenvalue weighted by molar-refractivity contribution is -0.126. The van der Waals surface area contributed by atoms with Gasteiger partial charge in [0.05, 0.1) is 5.69 Å². The number of hydrogen-bond acceptors (Lipinski definition) is 3. The summed E-state index contributed by atoms with van der Waals surface area (Å²) in [5.74, 6) is -1.62. The van der Waals surface area contributed by atoms with E-state index in [1.807, 2.05) is 0 Å². The first-order valence-electron chi connectivity index (χ1n) is 7.76. The summed E-state index contributed by atoms with van der Waals surface area (Å²) < 4.78 is 34.3. The van der Waals surface area contributed by atoms with Gasteiger partial charge in [-0.3, -0.25) is 4.79 Å². The van der Waals surface area contributed by atoms with E-state index in [4.69, 9.17) is 4.74 Å². The molecule has 1 heterocycles. The van der Waals surface area contributed by atoms with E-state index >= 15 is 4.39 Å². The second kappa shape index (κ2) is 5.65. The zero-order chi connectivity index (χ0) is 18.4. The number of imide groups is 1. The van der Waals surface area contributed by atoms with Crippen LogP contribution in [0.2, 0.25) is 0 Å². The summed E-state index contributed by atoms with van der Waals surface area (Å²) in [6.07, 6.45) is -0.952. The van der Waals surface area contributed by atoms with Crippen LogP contribution in [0.25, 0.3) is 0 Å². The molecule has 0 aromatic heterocycles. The van der Waals surface area contributed by atoms with Crippen molar-refractivity contribution in [2.75, 3.05) is 4.90 Å². The summed E-state index contributed by atoms with van der Waals surface area (Å²) >= 11 is 0. The Bertz CT molecular complexity index is 842. The highest BCUT2D eigenvalue weighted by atomic mass is 19.1. The molecule has 0 N–H and O–H groups in total. The number of para-hydroxylation sites is 1. The van der Waals surface area contributed by atoms with Crippen LogP contribution in [0, 0.1) is 5.82 Å². The van der Waals surface area contributed by atoms with Gasteiger partial charge >= 0.3 is 6.09 Å². The highest BCUT2D eigenvalue weighted by Crippen LogP contribution is 2.47. The van der Waals surface area contributed by atoms with Crippen molar-refractivity contribution in [3.63, 3.8) is 0 Å². The van der Waals surface area contributed by atoms with Crippen molar-refractivity contribution >= 4 is 17.7 Å². The first-order chi connectivity index (χ1) is 11.6. The predicted molar refractivity (Wildman–Crippen MR) is 88.5 cm³/mol. The third kappa shape index (κ3) is 2.77. The van der Waals surface area contributed by atoms with E-state index in [-0.39, 0.29) is 16.8 Å². The van der Waals surface area contributed by atoms with Gasteiger partial charge in [0.1, 0.15) is 11.4 Å². The number of fused-ring (bicyclic) bond motifs is 1. The van der Waals surface area contributed by atoms with Crippen molar-refractivity contribution < 1.29 is 23.1 Å². The van der Waals surface area contributed by atoms with Crippen LogP contribution in [-0.4, -0.2) is 17.6 Å². The Morgan fingerprint density at radius 2 is 1.68 bits per heavy atom. The highest BCUT2D eigenvalue weighted by molar-refractivity contribution is 6.21. The molecule has 1 atom stereocenters. The molecule has 0 spiro atoms. The van der Waals surface area contributed by atoms with Gasteiger partial charge in [-0.2, -0.15) is 0 Å². The second-order valence-electron chi connectivity index (χ2n) is 6.80. The van der Waals surface area contributed by atoms with Gasteiger partial charge in [-0.1, -0.05) is 30.3 Å². The molecule has 0 saturated carbocycles. The molecule has 0 aliphatic carbocycles. The first-order valence-corrected chi connectivity index (χ1v) is 7.76. The van der Waals surface area contributed by atoms with Crippen molar-refractivity contribution in [2.24, 2.45) is 0 Å². The number of alkyl halides is 1. The minimum Gasteiger partial charge on any atom is -0.443 e. The van der Waals surface area contributed by atoms with Gasteiger partial charge in [-0.15, -0.1) is 0 Å². The first kappa shape index (κ1) is 17.1. The number of anilines is 1. The van der Waals surface area contributed by atoms with E-state index in [2.05, 4.69) is 0 Å². The standard InChI is InChI=1S/C19H17F2NO3/c1-18(2,3)25-17(24)22-15-7-5-4-6-14(15)19(21,16(22)23)12-8-10-13(20)11-9-12/h4-11H,1-3H3/t19-/m0/s1. The van der Waals surface area contributed by atoms with E-state index in [9.17, 15) is 14.0 Å². The molecule has 0 radical (unpaired) electrons. The Labute approximate surface area is 144 Å². The highest BCUT2D eigenvalue weighted by Gasteiger charge is 2.55. The molecule has 4 nitrogen and oxygen atoms in total. The van der Waals surface area contributed by atoms with E-state index in [1.165, 1.54) is 24.3 Å². The van der Waals surface area contributed by atoms with Gasteiger partial charge in [0, 0.05) is 11.1 Å². The second-order valence-corrected chi connectivity index (χ2v) is 6.80. The largest absolute Gasteiger partial charge is 0.443 e. The lowest BCUT2D eigenvalue weighted by Gasteiger charge is -2.24. The smallest absolute Gasteiger partial charge is 0.421 e. The molecule has 0 unspecified atom stereocenters. The van der Waals surface area contributed by atoms with Crippen LogP contribution in [0.4, 0.5) is 19.3 Å². The van der Waals surface area contributed by atoms with E-state index in [0.29, 0.717) is 4.90 Å². The van der Waals surface area contributed by atoms with Gasteiger partial charge in [0.15, 0.2) is 0 Å². The molecule has 25 heavy (non-hydrogen) atoms. The molecule has 130 valence electrons. The predicted octanol–water partition coefficient (Wildman–Crippen LogP) is 4.32. The zero-order valence-electron chi connectivity index (χ0n) is 14.0. The molecule has 0 fully saturated rings. The lowest BCUT2D eigenvalue weighted by atomic mass is 9.89. The monoisotopic (exact) mass is 345 g/mol. The molecule has 2 aromatic rings. The summed E-state index contributed by atoms with van der Waals surface area (Å²) in [5.41, 5.74) is -3.33. The van der Waals surface area contributed by atoms with Gasteiger partial charge in [-0.25, -0.2) is 18.5 Å². The number of amides is 2. The third-order valence-electron chi connectivity index (χ3n) is 3.83. The number of hydrogen-bond donors (Lipinski definition) is 0. The van der Waals surface area contributed by atoms with Gasteiger partial charge < -0.3 is 4.74 Å². The van der Waals surface area contributed by atoms with Crippen LogP contribution < -0.4 is 4.90 Å². The van der Waals surface area contributed by atoms with Crippen molar-refractivity contribution in [1.82, 2.24) is 0 Å². The zero-order valence-corrected chi connectivity index (χ0v) is 14.0. The number of nitrogens with zero attached hydrogens (tertiary/aromatic N) is 1. The Balaban J connectivity index is 2.12. The van der Waals surface area contributed by atoms with Crippen LogP contribution in [0.1, 0.15) is 31.9 Å².